The summed E-state index contributed by atoms with van der Waals surface area (Å²) < 4.78 is 2.82. The van der Waals surface area contributed by atoms with E-state index in [4.69, 9.17) is 5.73 Å². The van der Waals surface area contributed by atoms with Crippen molar-refractivity contribution in [2.24, 2.45) is 5.73 Å². The lowest BCUT2D eigenvalue weighted by Gasteiger charge is -2.09. The van der Waals surface area contributed by atoms with E-state index in [9.17, 15) is 0 Å². The van der Waals surface area contributed by atoms with Crippen molar-refractivity contribution in [1.82, 2.24) is 14.4 Å². The van der Waals surface area contributed by atoms with Crippen LogP contribution in [0.25, 0.3) is 5.65 Å². The van der Waals surface area contributed by atoms with Crippen LogP contribution in [-0.4, -0.2) is 14.4 Å². The lowest BCUT2D eigenvalue weighted by atomic mass is 10.2. The van der Waals surface area contributed by atoms with Crippen LogP contribution in [0.15, 0.2) is 40.7 Å². The third-order valence-corrected chi connectivity index (χ3v) is 4.10. The van der Waals surface area contributed by atoms with Crippen molar-refractivity contribution in [2.45, 2.75) is 6.04 Å². The summed E-state index contributed by atoms with van der Waals surface area (Å²) >= 11 is 5.06. The minimum atomic E-state index is -0.229. The maximum atomic E-state index is 6.22. The highest BCUT2D eigenvalue weighted by Gasteiger charge is 2.16. The van der Waals surface area contributed by atoms with Crippen LogP contribution in [0.3, 0.4) is 0 Å². The van der Waals surface area contributed by atoms with Gasteiger partial charge in [0.25, 0.3) is 0 Å². The van der Waals surface area contributed by atoms with Gasteiger partial charge in [0.05, 0.1) is 12.2 Å². The first-order valence-electron chi connectivity index (χ1n) is 5.04. The molecule has 0 aromatic carbocycles. The highest BCUT2D eigenvalue weighted by atomic mass is 79.9. The normalized spacial score (nSPS) is 13.1. The molecule has 4 nitrogen and oxygen atoms in total. The van der Waals surface area contributed by atoms with E-state index in [-0.39, 0.29) is 6.04 Å². The van der Waals surface area contributed by atoms with Crippen molar-refractivity contribution in [3.8, 4) is 0 Å². The number of rotatable bonds is 2. The predicted octanol–water partition coefficient (Wildman–Crippen LogP) is 2.60. The summed E-state index contributed by atoms with van der Waals surface area (Å²) in [6, 6.07) is 3.77. The molecule has 3 aromatic heterocycles. The zero-order valence-corrected chi connectivity index (χ0v) is 11.1. The summed E-state index contributed by atoms with van der Waals surface area (Å²) in [4.78, 5) is 9.77. The number of thiophene rings is 1. The number of nitrogens with two attached hydrogens (primary N) is 1. The van der Waals surface area contributed by atoms with Gasteiger partial charge >= 0.3 is 0 Å². The molecule has 0 bridgehead atoms. The fraction of sp³-hybridized carbons (Fsp3) is 0.0909. The number of nitrogens with zero attached hydrogens (tertiary/aromatic N) is 3. The molecule has 6 heteroatoms. The van der Waals surface area contributed by atoms with Gasteiger partial charge in [0.2, 0.25) is 0 Å². The van der Waals surface area contributed by atoms with Crippen LogP contribution < -0.4 is 5.73 Å². The van der Waals surface area contributed by atoms with Gasteiger partial charge in [-0.25, -0.2) is 4.98 Å². The smallest absolute Gasteiger partial charge is 0.161 e. The van der Waals surface area contributed by atoms with Gasteiger partial charge in [0.15, 0.2) is 5.65 Å². The molecular weight excluding hydrogens is 300 g/mol. The Bertz CT molecular complexity index is 647. The van der Waals surface area contributed by atoms with Crippen molar-refractivity contribution in [3.63, 3.8) is 0 Å². The second-order valence-corrected chi connectivity index (χ2v) is 5.37. The Labute approximate surface area is 110 Å². The van der Waals surface area contributed by atoms with Gasteiger partial charge in [-0.1, -0.05) is 6.07 Å². The monoisotopic (exact) mass is 308 g/mol. The molecule has 0 aliphatic heterocycles. The number of halogens is 1. The summed E-state index contributed by atoms with van der Waals surface area (Å²) in [5, 5.41) is 2.01. The van der Waals surface area contributed by atoms with Gasteiger partial charge in [0.1, 0.15) is 10.3 Å². The average molecular weight is 309 g/mol. The molecule has 3 rings (SSSR count). The maximum Gasteiger partial charge on any atom is 0.161 e. The summed E-state index contributed by atoms with van der Waals surface area (Å²) in [5.74, 6) is 0. The Balaban J connectivity index is 2.17. The fourth-order valence-corrected chi connectivity index (χ4v) is 2.85. The van der Waals surface area contributed by atoms with Crippen LogP contribution in [0.5, 0.6) is 0 Å². The van der Waals surface area contributed by atoms with Gasteiger partial charge in [-0.3, -0.25) is 9.38 Å². The Hall–Kier alpha value is -1.24. The molecule has 0 radical (unpaired) electrons. The van der Waals surface area contributed by atoms with E-state index >= 15 is 0 Å². The second-order valence-electron chi connectivity index (χ2n) is 3.58. The van der Waals surface area contributed by atoms with Crippen LogP contribution in [0.2, 0.25) is 0 Å². The predicted molar refractivity (Wildman–Crippen MR) is 71.0 cm³/mol. The molecule has 2 N–H and O–H groups in total. The molecule has 0 fully saturated rings. The Kier molecular flexibility index (Phi) is 2.70. The summed E-state index contributed by atoms with van der Waals surface area (Å²) in [5.41, 5.74) is 7.80. The maximum absolute atomic E-state index is 6.22. The molecule has 0 amide bonds. The number of imidazole rings is 1. The van der Waals surface area contributed by atoms with Crippen molar-refractivity contribution in [3.05, 3.63) is 51.3 Å². The molecular formula is C11H9BrN4S. The third-order valence-electron chi connectivity index (χ3n) is 2.55. The molecule has 0 aliphatic carbocycles. The Morgan fingerprint density at radius 2 is 2.29 bits per heavy atom. The number of fused-ring (bicyclic) bond motifs is 1. The Morgan fingerprint density at radius 3 is 3.06 bits per heavy atom. The SMILES string of the molecule is NC(c1cccs1)c1nccn2c(Br)cnc12. The van der Waals surface area contributed by atoms with E-state index in [1.54, 1.807) is 23.7 Å². The zero-order valence-electron chi connectivity index (χ0n) is 8.75. The number of aromatic nitrogens is 3. The molecule has 1 unspecified atom stereocenters. The lowest BCUT2D eigenvalue weighted by molar-refractivity contribution is 0.838. The van der Waals surface area contributed by atoms with Crippen molar-refractivity contribution in [2.75, 3.05) is 0 Å². The highest BCUT2D eigenvalue weighted by Crippen LogP contribution is 2.25. The lowest BCUT2D eigenvalue weighted by Crippen LogP contribution is -2.13. The number of hydrogen-bond donors (Lipinski definition) is 1. The molecule has 0 saturated heterocycles. The van der Waals surface area contributed by atoms with Crippen molar-refractivity contribution in [1.29, 1.82) is 0 Å². The van der Waals surface area contributed by atoms with Gasteiger partial charge < -0.3 is 5.73 Å². The van der Waals surface area contributed by atoms with Gasteiger partial charge in [-0.15, -0.1) is 11.3 Å². The minimum absolute atomic E-state index is 0.229. The van der Waals surface area contributed by atoms with Crippen molar-refractivity contribution < 1.29 is 0 Å². The fourth-order valence-electron chi connectivity index (χ4n) is 1.73. The largest absolute Gasteiger partial charge is 0.318 e. The van der Waals surface area contributed by atoms with E-state index in [0.717, 1.165) is 20.8 Å². The van der Waals surface area contributed by atoms with Gasteiger partial charge in [0, 0.05) is 17.3 Å². The summed E-state index contributed by atoms with van der Waals surface area (Å²) in [7, 11) is 0. The zero-order chi connectivity index (χ0) is 11.8. The van der Waals surface area contributed by atoms with Crippen LogP contribution in [0.1, 0.15) is 16.6 Å². The second kappa shape index (κ2) is 4.21. The third kappa shape index (κ3) is 1.78. The molecule has 0 saturated carbocycles. The van der Waals surface area contributed by atoms with Crippen LogP contribution in [0.4, 0.5) is 0 Å². The Morgan fingerprint density at radius 1 is 1.41 bits per heavy atom. The van der Waals surface area contributed by atoms with E-state index in [0.29, 0.717) is 0 Å². The quantitative estimate of drug-likeness (QED) is 0.791. The average Bonchev–Trinajstić information content (AvgIpc) is 2.98. The minimum Gasteiger partial charge on any atom is -0.318 e. The first-order valence-corrected chi connectivity index (χ1v) is 6.71. The molecule has 86 valence electrons. The molecule has 0 aliphatic rings. The molecule has 0 spiro atoms. The van der Waals surface area contributed by atoms with E-state index in [2.05, 4.69) is 25.9 Å². The number of hydrogen-bond acceptors (Lipinski definition) is 4. The summed E-state index contributed by atoms with van der Waals surface area (Å²) in [6.45, 7) is 0. The van der Waals surface area contributed by atoms with Crippen LogP contribution in [0, 0.1) is 0 Å². The highest BCUT2D eigenvalue weighted by molar-refractivity contribution is 9.10. The van der Waals surface area contributed by atoms with E-state index < -0.39 is 0 Å². The van der Waals surface area contributed by atoms with Gasteiger partial charge in [-0.05, 0) is 27.4 Å². The molecule has 3 aromatic rings. The van der Waals surface area contributed by atoms with Crippen LogP contribution >= 0.6 is 27.3 Å². The van der Waals surface area contributed by atoms with Crippen LogP contribution in [-0.2, 0) is 0 Å². The molecule has 1 atom stereocenters. The molecule has 3 heterocycles. The molecule has 17 heavy (non-hydrogen) atoms. The summed E-state index contributed by atoms with van der Waals surface area (Å²) in [6.07, 6.45) is 5.35. The van der Waals surface area contributed by atoms with E-state index in [1.165, 1.54) is 0 Å². The van der Waals surface area contributed by atoms with E-state index in [1.807, 2.05) is 28.1 Å². The topological polar surface area (TPSA) is 56.2 Å². The standard InChI is InChI=1S/C11H9BrN4S/c12-8-6-15-11-10(14-3-4-16(8)11)9(13)7-2-1-5-17-7/h1-6,9H,13H2. The van der Waals surface area contributed by atoms with Gasteiger partial charge in [-0.2, -0.15) is 0 Å². The first-order chi connectivity index (χ1) is 8.27. The first kappa shape index (κ1) is 10.9. The van der Waals surface area contributed by atoms with Crippen molar-refractivity contribution >= 4 is 32.9 Å².